The van der Waals surface area contributed by atoms with Gasteiger partial charge in [0.2, 0.25) is 5.91 Å². The maximum Gasteiger partial charge on any atom is 0.225 e. The molecule has 112 valence electrons. The van der Waals surface area contributed by atoms with Crippen LogP contribution in [0.15, 0.2) is 29.2 Å². The molecule has 0 bridgehead atoms. The number of carbonyl (C=O) groups is 1. The highest BCUT2D eigenvalue weighted by Gasteiger charge is 2.26. The lowest BCUT2D eigenvalue weighted by Gasteiger charge is -2.30. The van der Waals surface area contributed by atoms with Crippen molar-refractivity contribution in [2.24, 2.45) is 5.92 Å². The molecule has 2 rings (SSSR count). The fourth-order valence-electron chi connectivity index (χ4n) is 2.46. The first-order chi connectivity index (χ1) is 9.94. The van der Waals surface area contributed by atoms with Gasteiger partial charge in [-0.3, -0.25) is 4.79 Å². The van der Waals surface area contributed by atoms with Crippen LogP contribution >= 0.6 is 0 Å². The highest BCUT2D eigenvalue weighted by Crippen LogP contribution is 2.18. The predicted octanol–water partition coefficient (Wildman–Crippen LogP) is 1.59. The van der Waals surface area contributed by atoms with Crippen molar-refractivity contribution in [3.05, 3.63) is 29.8 Å². The molecule has 1 unspecified atom stereocenters. The number of nitriles is 1. The summed E-state index contributed by atoms with van der Waals surface area (Å²) in [6.45, 7) is 2.71. The summed E-state index contributed by atoms with van der Waals surface area (Å²) in [5.74, 6) is -0.106. The van der Waals surface area contributed by atoms with Crippen LogP contribution in [0.25, 0.3) is 0 Å². The molecule has 6 heteroatoms. The molecule has 1 aromatic rings. The van der Waals surface area contributed by atoms with Crippen LogP contribution in [0, 0.1) is 17.2 Å². The third kappa shape index (κ3) is 3.61. The Kier molecular flexibility index (Phi) is 4.63. The van der Waals surface area contributed by atoms with Gasteiger partial charge in [-0.05, 0) is 31.0 Å². The summed E-state index contributed by atoms with van der Waals surface area (Å²) in [5, 5.41) is 8.83. The molecular formula is C15H18N2O3S. The molecule has 21 heavy (non-hydrogen) atoms. The van der Waals surface area contributed by atoms with Crippen LogP contribution in [0.3, 0.4) is 0 Å². The highest BCUT2D eigenvalue weighted by atomic mass is 32.2. The summed E-state index contributed by atoms with van der Waals surface area (Å²) in [6.07, 6.45) is 1.78. The molecule has 0 spiro atoms. The van der Waals surface area contributed by atoms with Gasteiger partial charge in [-0.2, -0.15) is 5.26 Å². The molecule has 1 aliphatic rings. The van der Waals surface area contributed by atoms with Crippen LogP contribution in [-0.4, -0.2) is 38.1 Å². The van der Waals surface area contributed by atoms with E-state index in [1.807, 2.05) is 13.0 Å². The minimum absolute atomic E-state index is 0.0247. The van der Waals surface area contributed by atoms with Crippen LogP contribution in [0.1, 0.15) is 25.3 Å². The van der Waals surface area contributed by atoms with E-state index in [-0.39, 0.29) is 29.0 Å². The molecule has 0 aliphatic carbocycles. The summed E-state index contributed by atoms with van der Waals surface area (Å²) < 4.78 is 24.6. The Morgan fingerprint density at radius 3 is 2.90 bits per heavy atom. The minimum atomic E-state index is -3.48. The van der Waals surface area contributed by atoms with Crippen molar-refractivity contribution < 1.29 is 13.2 Å². The topological polar surface area (TPSA) is 78.2 Å². The van der Waals surface area contributed by atoms with Crippen molar-refractivity contribution in [1.82, 2.24) is 4.90 Å². The Bertz CT molecular complexity index is 676. The van der Waals surface area contributed by atoms with E-state index in [0.717, 1.165) is 12.8 Å². The molecule has 1 saturated heterocycles. The maximum atomic E-state index is 12.3. The lowest BCUT2D eigenvalue weighted by Crippen LogP contribution is -2.42. The van der Waals surface area contributed by atoms with Crippen LogP contribution in [0.2, 0.25) is 0 Å². The van der Waals surface area contributed by atoms with Gasteiger partial charge in [-0.25, -0.2) is 8.42 Å². The lowest BCUT2D eigenvalue weighted by atomic mass is 9.99. The number of benzene rings is 1. The third-order valence-corrected chi connectivity index (χ3v) is 5.44. The quantitative estimate of drug-likeness (QED) is 0.846. The second-order valence-corrected chi connectivity index (χ2v) is 7.44. The Morgan fingerprint density at radius 1 is 1.43 bits per heavy atom. The molecule has 5 nitrogen and oxygen atoms in total. The Morgan fingerprint density at radius 2 is 2.19 bits per heavy atom. The number of carbonyl (C=O) groups excluding carboxylic acids is 1. The second kappa shape index (κ2) is 6.27. The van der Waals surface area contributed by atoms with Crippen LogP contribution in [-0.2, 0) is 14.6 Å². The SMILES string of the molecule is CC1CCCN(CCS(=O)(=O)c2cccc(C#N)c2)C1=O. The van der Waals surface area contributed by atoms with Gasteiger partial charge < -0.3 is 4.90 Å². The van der Waals surface area contributed by atoms with E-state index in [1.54, 1.807) is 17.0 Å². The van der Waals surface area contributed by atoms with Gasteiger partial charge in [0.1, 0.15) is 0 Å². The van der Waals surface area contributed by atoms with Crippen molar-refractivity contribution in [1.29, 1.82) is 5.26 Å². The van der Waals surface area contributed by atoms with E-state index in [4.69, 9.17) is 5.26 Å². The van der Waals surface area contributed by atoms with Gasteiger partial charge >= 0.3 is 0 Å². The first kappa shape index (κ1) is 15.5. The molecular weight excluding hydrogens is 288 g/mol. The normalized spacial score (nSPS) is 19.3. The molecule has 1 amide bonds. The number of hydrogen-bond acceptors (Lipinski definition) is 4. The second-order valence-electron chi connectivity index (χ2n) is 5.33. The Balaban J connectivity index is 2.08. The number of nitrogens with zero attached hydrogens (tertiary/aromatic N) is 2. The van der Waals surface area contributed by atoms with E-state index in [0.29, 0.717) is 12.1 Å². The maximum absolute atomic E-state index is 12.3. The summed E-state index contributed by atoms with van der Waals surface area (Å²) in [6, 6.07) is 7.90. The smallest absolute Gasteiger partial charge is 0.225 e. The molecule has 0 N–H and O–H groups in total. The minimum Gasteiger partial charge on any atom is -0.341 e. The highest BCUT2D eigenvalue weighted by molar-refractivity contribution is 7.91. The van der Waals surface area contributed by atoms with E-state index in [9.17, 15) is 13.2 Å². The van der Waals surface area contributed by atoms with Crippen molar-refractivity contribution >= 4 is 15.7 Å². The molecule has 1 atom stereocenters. The zero-order valence-electron chi connectivity index (χ0n) is 11.9. The molecule has 0 aromatic heterocycles. The predicted molar refractivity (Wildman–Crippen MR) is 78.2 cm³/mol. The van der Waals surface area contributed by atoms with E-state index < -0.39 is 9.84 Å². The number of likely N-dealkylation sites (tertiary alicyclic amines) is 1. The molecule has 1 heterocycles. The molecule has 1 aliphatic heterocycles. The van der Waals surface area contributed by atoms with Crippen LogP contribution in [0.5, 0.6) is 0 Å². The summed E-state index contributed by atoms with van der Waals surface area (Å²) in [4.78, 5) is 13.7. The average Bonchev–Trinajstić information content (AvgIpc) is 2.49. The number of sulfone groups is 1. The van der Waals surface area contributed by atoms with Crippen molar-refractivity contribution in [3.8, 4) is 6.07 Å². The number of rotatable bonds is 4. The third-order valence-electron chi connectivity index (χ3n) is 3.75. The van der Waals surface area contributed by atoms with Gasteiger partial charge in [0.05, 0.1) is 22.3 Å². The van der Waals surface area contributed by atoms with E-state index in [2.05, 4.69) is 0 Å². The van der Waals surface area contributed by atoms with Gasteiger partial charge in [-0.1, -0.05) is 13.0 Å². The average molecular weight is 306 g/mol. The van der Waals surface area contributed by atoms with Gasteiger partial charge in [-0.15, -0.1) is 0 Å². The number of hydrogen-bond donors (Lipinski definition) is 0. The van der Waals surface area contributed by atoms with E-state index in [1.165, 1.54) is 12.1 Å². The monoisotopic (exact) mass is 306 g/mol. The number of piperidine rings is 1. The largest absolute Gasteiger partial charge is 0.341 e. The first-order valence-corrected chi connectivity index (χ1v) is 8.61. The van der Waals surface area contributed by atoms with Crippen molar-refractivity contribution in [2.45, 2.75) is 24.7 Å². The zero-order valence-corrected chi connectivity index (χ0v) is 12.8. The summed E-state index contributed by atoms with van der Waals surface area (Å²) in [5.41, 5.74) is 0.318. The Labute approximate surface area is 125 Å². The molecule has 0 saturated carbocycles. The lowest BCUT2D eigenvalue weighted by molar-refractivity contribution is -0.137. The van der Waals surface area contributed by atoms with Crippen LogP contribution in [0.4, 0.5) is 0 Å². The van der Waals surface area contributed by atoms with Gasteiger partial charge in [0, 0.05) is 19.0 Å². The molecule has 1 aromatic carbocycles. The van der Waals surface area contributed by atoms with Gasteiger partial charge in [0.15, 0.2) is 9.84 Å². The zero-order chi connectivity index (χ0) is 15.5. The van der Waals surface area contributed by atoms with Crippen molar-refractivity contribution in [2.75, 3.05) is 18.8 Å². The fraction of sp³-hybridized carbons (Fsp3) is 0.467. The van der Waals surface area contributed by atoms with Crippen LogP contribution < -0.4 is 0 Å². The van der Waals surface area contributed by atoms with Crippen molar-refractivity contribution in [3.63, 3.8) is 0 Å². The van der Waals surface area contributed by atoms with E-state index >= 15 is 0 Å². The molecule has 1 fully saturated rings. The molecule has 0 radical (unpaired) electrons. The number of amides is 1. The summed E-state index contributed by atoms with van der Waals surface area (Å²) in [7, 11) is -3.48. The fourth-order valence-corrected chi connectivity index (χ4v) is 3.75. The first-order valence-electron chi connectivity index (χ1n) is 6.96. The summed E-state index contributed by atoms with van der Waals surface area (Å²) >= 11 is 0. The standard InChI is InChI=1S/C15H18N2O3S/c1-12-4-3-7-17(15(12)18)8-9-21(19,20)14-6-2-5-13(10-14)11-16/h2,5-6,10,12H,3-4,7-9H2,1H3. The van der Waals surface area contributed by atoms with Gasteiger partial charge in [0.25, 0.3) is 0 Å². The Hall–Kier alpha value is -1.87.